The summed E-state index contributed by atoms with van der Waals surface area (Å²) in [4.78, 5) is 12.0. The van der Waals surface area contributed by atoms with E-state index in [9.17, 15) is 4.79 Å². The highest BCUT2D eigenvalue weighted by molar-refractivity contribution is 6.31. The van der Waals surface area contributed by atoms with Crippen molar-refractivity contribution >= 4 is 17.6 Å². The molecule has 0 saturated heterocycles. The molecule has 112 valence electrons. The summed E-state index contributed by atoms with van der Waals surface area (Å²) in [7, 11) is 1.34. The van der Waals surface area contributed by atoms with Gasteiger partial charge in [0.15, 0.2) is 0 Å². The molecule has 0 fully saturated rings. The minimum atomic E-state index is -0.663. The molecule has 1 unspecified atom stereocenters. The summed E-state index contributed by atoms with van der Waals surface area (Å²) < 4.78 is 4.84. The summed E-state index contributed by atoms with van der Waals surface area (Å²) >= 11 is 6.16. The Morgan fingerprint density at radius 1 is 1.32 bits per heavy atom. The number of carbonyl (C=O) groups is 1. The molecule has 0 radical (unpaired) electrons. The van der Waals surface area contributed by atoms with Crippen molar-refractivity contribution in [3.8, 4) is 6.07 Å². The van der Waals surface area contributed by atoms with Gasteiger partial charge in [0.1, 0.15) is 6.04 Å². The average molecular weight is 315 g/mol. The summed E-state index contributed by atoms with van der Waals surface area (Å²) in [5, 5.41) is 12.5. The van der Waals surface area contributed by atoms with Crippen molar-refractivity contribution in [3.05, 3.63) is 70.2 Å². The van der Waals surface area contributed by atoms with Crippen molar-refractivity contribution in [2.24, 2.45) is 0 Å². The largest absolute Gasteiger partial charge is 0.468 e. The molecule has 0 bridgehead atoms. The van der Waals surface area contributed by atoms with E-state index in [0.717, 1.165) is 5.56 Å². The maximum Gasteiger partial charge on any atom is 0.327 e. The lowest BCUT2D eigenvalue weighted by atomic mass is 10.1. The number of nitrogens with one attached hydrogen (secondary N) is 1. The quantitative estimate of drug-likeness (QED) is 0.861. The molecular weight excluding hydrogens is 300 g/mol. The number of hydrogen-bond donors (Lipinski definition) is 1. The van der Waals surface area contributed by atoms with Gasteiger partial charge in [0.2, 0.25) is 0 Å². The van der Waals surface area contributed by atoms with E-state index < -0.39 is 12.0 Å². The fraction of sp³-hybridized carbons (Fsp3) is 0.176. The third-order valence-corrected chi connectivity index (χ3v) is 3.56. The van der Waals surface area contributed by atoms with Crippen LogP contribution in [0.2, 0.25) is 5.02 Å². The summed E-state index contributed by atoms with van der Waals surface area (Å²) in [6.45, 7) is 0.417. The Morgan fingerprint density at radius 2 is 2.09 bits per heavy atom. The number of carbonyl (C=O) groups excluding carboxylic acids is 1. The van der Waals surface area contributed by atoms with Crippen molar-refractivity contribution in [2.75, 3.05) is 7.11 Å². The highest BCUT2D eigenvalue weighted by Gasteiger charge is 2.22. The minimum absolute atomic E-state index is 0.412. The van der Waals surface area contributed by atoms with Crippen LogP contribution in [0.25, 0.3) is 0 Å². The van der Waals surface area contributed by atoms with Crippen LogP contribution >= 0.6 is 11.6 Å². The zero-order valence-electron chi connectivity index (χ0n) is 12.0. The molecule has 2 rings (SSSR count). The molecule has 1 N–H and O–H groups in total. The third kappa shape index (κ3) is 3.85. The second kappa shape index (κ2) is 7.60. The minimum Gasteiger partial charge on any atom is -0.468 e. The molecule has 0 amide bonds. The SMILES string of the molecule is COC(=O)C(NCc1cccc(C#N)c1)c1ccccc1Cl. The molecule has 0 heterocycles. The fourth-order valence-corrected chi connectivity index (χ4v) is 2.36. The molecule has 0 aliphatic rings. The van der Waals surface area contributed by atoms with Crippen LogP contribution in [0.3, 0.4) is 0 Å². The molecule has 1 atom stereocenters. The lowest BCUT2D eigenvalue weighted by Crippen LogP contribution is -2.29. The van der Waals surface area contributed by atoms with E-state index in [0.29, 0.717) is 22.7 Å². The standard InChI is InChI=1S/C17H15ClN2O2/c1-22-17(21)16(14-7-2-3-8-15(14)18)20-11-13-6-4-5-12(9-13)10-19/h2-9,16,20H,11H2,1H3. The average Bonchev–Trinajstić information content (AvgIpc) is 2.56. The van der Waals surface area contributed by atoms with Crippen molar-refractivity contribution < 1.29 is 9.53 Å². The van der Waals surface area contributed by atoms with Crippen LogP contribution in [0, 0.1) is 11.3 Å². The van der Waals surface area contributed by atoms with Gasteiger partial charge >= 0.3 is 5.97 Å². The number of ether oxygens (including phenoxy) is 1. The van der Waals surface area contributed by atoms with E-state index in [1.165, 1.54) is 7.11 Å². The Kier molecular flexibility index (Phi) is 5.54. The number of hydrogen-bond acceptors (Lipinski definition) is 4. The topological polar surface area (TPSA) is 62.1 Å². The summed E-state index contributed by atoms with van der Waals surface area (Å²) in [5.41, 5.74) is 2.14. The molecular formula is C17H15ClN2O2. The molecule has 0 aliphatic carbocycles. The van der Waals surface area contributed by atoms with Crippen molar-refractivity contribution in [1.82, 2.24) is 5.32 Å². The predicted octanol–water partition coefficient (Wildman–Crippen LogP) is 3.22. The summed E-state index contributed by atoms with van der Waals surface area (Å²) in [6.07, 6.45) is 0. The Morgan fingerprint density at radius 3 is 2.77 bits per heavy atom. The zero-order valence-corrected chi connectivity index (χ0v) is 12.8. The molecule has 0 saturated carbocycles. The number of nitriles is 1. The van der Waals surface area contributed by atoms with Gasteiger partial charge in [0, 0.05) is 11.6 Å². The monoisotopic (exact) mass is 314 g/mol. The molecule has 2 aromatic carbocycles. The van der Waals surface area contributed by atoms with Crippen LogP contribution in [0.5, 0.6) is 0 Å². The third-order valence-electron chi connectivity index (χ3n) is 3.22. The predicted molar refractivity (Wildman–Crippen MR) is 84.2 cm³/mol. The van der Waals surface area contributed by atoms with Crippen molar-refractivity contribution in [1.29, 1.82) is 5.26 Å². The number of halogens is 1. The lowest BCUT2D eigenvalue weighted by Gasteiger charge is -2.18. The number of rotatable bonds is 5. The maximum atomic E-state index is 12.0. The maximum absolute atomic E-state index is 12.0. The second-order valence-electron chi connectivity index (χ2n) is 4.67. The van der Waals surface area contributed by atoms with Crippen LogP contribution in [-0.4, -0.2) is 13.1 Å². The van der Waals surface area contributed by atoms with E-state index >= 15 is 0 Å². The Labute approximate surface area is 134 Å². The van der Waals surface area contributed by atoms with E-state index in [-0.39, 0.29) is 0 Å². The molecule has 22 heavy (non-hydrogen) atoms. The highest BCUT2D eigenvalue weighted by Crippen LogP contribution is 2.24. The van der Waals surface area contributed by atoms with Crippen LogP contribution in [0.15, 0.2) is 48.5 Å². The molecule has 2 aromatic rings. The first-order valence-electron chi connectivity index (χ1n) is 6.70. The Bertz CT molecular complexity index is 710. The highest BCUT2D eigenvalue weighted by atomic mass is 35.5. The van der Waals surface area contributed by atoms with Gasteiger partial charge in [-0.1, -0.05) is 41.9 Å². The lowest BCUT2D eigenvalue weighted by molar-refractivity contribution is -0.143. The van der Waals surface area contributed by atoms with Crippen LogP contribution < -0.4 is 5.32 Å². The van der Waals surface area contributed by atoms with E-state index in [1.54, 1.807) is 36.4 Å². The van der Waals surface area contributed by atoms with Gasteiger partial charge < -0.3 is 4.74 Å². The summed E-state index contributed by atoms with van der Waals surface area (Å²) in [6, 6.07) is 15.7. The first-order chi connectivity index (χ1) is 10.7. The van der Waals surface area contributed by atoms with Gasteiger partial charge in [0.25, 0.3) is 0 Å². The molecule has 0 aliphatic heterocycles. The first-order valence-corrected chi connectivity index (χ1v) is 7.08. The fourth-order valence-electron chi connectivity index (χ4n) is 2.12. The molecule has 0 spiro atoms. The Balaban J connectivity index is 2.19. The van der Waals surface area contributed by atoms with Gasteiger partial charge in [-0.05, 0) is 29.3 Å². The van der Waals surface area contributed by atoms with Gasteiger partial charge in [-0.25, -0.2) is 4.79 Å². The number of methoxy groups -OCH3 is 1. The van der Waals surface area contributed by atoms with Crippen molar-refractivity contribution in [3.63, 3.8) is 0 Å². The van der Waals surface area contributed by atoms with Gasteiger partial charge in [-0.3, -0.25) is 5.32 Å². The van der Waals surface area contributed by atoms with E-state index in [2.05, 4.69) is 11.4 Å². The first kappa shape index (κ1) is 16.0. The van der Waals surface area contributed by atoms with E-state index in [4.69, 9.17) is 21.6 Å². The van der Waals surface area contributed by atoms with Crippen LogP contribution in [-0.2, 0) is 16.1 Å². The number of benzene rings is 2. The zero-order chi connectivity index (χ0) is 15.9. The molecule has 5 heteroatoms. The van der Waals surface area contributed by atoms with Gasteiger partial charge in [-0.2, -0.15) is 5.26 Å². The van der Waals surface area contributed by atoms with Gasteiger partial charge in [-0.15, -0.1) is 0 Å². The second-order valence-corrected chi connectivity index (χ2v) is 5.08. The molecule has 0 aromatic heterocycles. The summed E-state index contributed by atoms with van der Waals surface area (Å²) in [5.74, 6) is -0.412. The number of nitrogens with zero attached hydrogens (tertiary/aromatic N) is 1. The normalized spacial score (nSPS) is 11.5. The number of esters is 1. The molecule has 4 nitrogen and oxygen atoms in total. The van der Waals surface area contributed by atoms with Gasteiger partial charge in [0.05, 0.1) is 18.7 Å². The van der Waals surface area contributed by atoms with Crippen LogP contribution in [0.4, 0.5) is 0 Å². The van der Waals surface area contributed by atoms with Crippen LogP contribution in [0.1, 0.15) is 22.7 Å². The Hall–Kier alpha value is -2.35. The smallest absolute Gasteiger partial charge is 0.327 e. The van der Waals surface area contributed by atoms with Crippen molar-refractivity contribution in [2.45, 2.75) is 12.6 Å². The van der Waals surface area contributed by atoms with E-state index in [1.807, 2.05) is 12.1 Å².